The molecule has 0 aliphatic carbocycles. The van der Waals surface area contributed by atoms with E-state index in [2.05, 4.69) is 0 Å². The Labute approximate surface area is 204 Å². The van der Waals surface area contributed by atoms with Gasteiger partial charge in [-0.25, -0.2) is 9.59 Å². The second kappa shape index (κ2) is 10.0. The topological polar surface area (TPSA) is 163 Å². The van der Waals surface area contributed by atoms with Crippen molar-refractivity contribution in [3.8, 4) is 34.5 Å². The maximum atomic E-state index is 12.0. The van der Waals surface area contributed by atoms with Crippen LogP contribution in [-0.4, -0.2) is 43.6 Å². The van der Waals surface area contributed by atoms with Crippen LogP contribution in [0.1, 0.15) is 22.8 Å². The number of rotatable bonds is 6. The summed E-state index contributed by atoms with van der Waals surface area (Å²) in [5.41, 5.74) is 1.31. The molecule has 0 unspecified atom stereocenters. The van der Waals surface area contributed by atoms with Gasteiger partial charge in [0.15, 0.2) is 40.6 Å². The second-order valence-corrected chi connectivity index (χ2v) is 7.69. The van der Waals surface area contributed by atoms with Crippen molar-refractivity contribution in [3.63, 3.8) is 0 Å². The first-order chi connectivity index (χ1) is 17.2. The van der Waals surface area contributed by atoms with Gasteiger partial charge in [-0.15, -0.1) is 0 Å². The fourth-order valence-electron chi connectivity index (χ4n) is 3.38. The van der Waals surface area contributed by atoms with Gasteiger partial charge >= 0.3 is 11.9 Å². The van der Waals surface area contributed by atoms with Gasteiger partial charge in [0.1, 0.15) is 0 Å². The van der Waals surface area contributed by atoms with Crippen LogP contribution in [0.25, 0.3) is 12.2 Å². The summed E-state index contributed by atoms with van der Waals surface area (Å²) in [6.07, 6.45) is 2.66. The van der Waals surface area contributed by atoms with Crippen LogP contribution >= 0.6 is 0 Å². The molecule has 1 aliphatic rings. The van der Waals surface area contributed by atoms with Crippen molar-refractivity contribution in [2.45, 2.75) is 12.2 Å². The Bertz CT molecular complexity index is 1380. The lowest BCUT2D eigenvalue weighted by Gasteiger charge is -2.32. The molecule has 0 bridgehead atoms. The molecule has 0 saturated carbocycles. The minimum absolute atomic E-state index is 0.182. The van der Waals surface area contributed by atoms with E-state index in [4.69, 9.17) is 14.2 Å². The quantitative estimate of drug-likeness (QED) is 0.148. The molecule has 4 rings (SSSR count). The molecule has 184 valence electrons. The third-order valence-electron chi connectivity index (χ3n) is 5.18. The summed E-state index contributed by atoms with van der Waals surface area (Å²) in [5, 5.41) is 47.7. The number of hydrogen-bond donors (Lipinski definition) is 5. The Morgan fingerprint density at radius 2 is 1.42 bits per heavy atom. The van der Waals surface area contributed by atoms with Gasteiger partial charge in [0.05, 0.1) is 6.26 Å². The van der Waals surface area contributed by atoms with Gasteiger partial charge in [-0.05, 0) is 59.7 Å². The first kappa shape index (κ1) is 24.0. The van der Waals surface area contributed by atoms with Crippen LogP contribution in [0.4, 0.5) is 0 Å². The van der Waals surface area contributed by atoms with Crippen LogP contribution in [0.15, 0.2) is 66.9 Å². The molecule has 0 aromatic heterocycles. The molecule has 3 aromatic carbocycles. The van der Waals surface area contributed by atoms with Crippen LogP contribution in [0.5, 0.6) is 34.5 Å². The highest BCUT2D eigenvalue weighted by molar-refractivity contribution is 5.88. The fraction of sp³-hybridized carbons (Fsp3) is 0.0769. The molecular formula is C26H20O10. The van der Waals surface area contributed by atoms with Crippen LogP contribution in [-0.2, 0) is 14.3 Å². The summed E-state index contributed by atoms with van der Waals surface area (Å²) in [7, 11) is 0. The number of carbonyl (C=O) groups is 2. The van der Waals surface area contributed by atoms with E-state index in [1.165, 1.54) is 60.7 Å². The fourth-order valence-corrected chi connectivity index (χ4v) is 3.38. The van der Waals surface area contributed by atoms with E-state index < -0.39 is 29.9 Å². The molecule has 0 radical (unpaired) electrons. The van der Waals surface area contributed by atoms with Crippen LogP contribution in [0.3, 0.4) is 0 Å². The van der Waals surface area contributed by atoms with Crippen LogP contribution in [0.2, 0.25) is 0 Å². The number of carboxylic acids is 1. The highest BCUT2D eigenvalue weighted by atomic mass is 16.6. The molecule has 0 fully saturated rings. The lowest BCUT2D eigenvalue weighted by molar-refractivity contribution is -0.151. The van der Waals surface area contributed by atoms with E-state index in [1.807, 2.05) is 0 Å². The summed E-state index contributed by atoms with van der Waals surface area (Å²) >= 11 is 0. The maximum absolute atomic E-state index is 12.0. The number of carbonyl (C=O) groups excluding carboxylic acids is 1. The summed E-state index contributed by atoms with van der Waals surface area (Å²) in [6, 6.07) is 12.6. The maximum Gasteiger partial charge on any atom is 0.349 e. The average Bonchev–Trinajstić information content (AvgIpc) is 2.85. The Hall–Kier alpha value is -5.12. The number of esters is 1. The van der Waals surface area contributed by atoms with Gasteiger partial charge in [-0.2, -0.15) is 0 Å². The number of ether oxygens (including phenoxy) is 3. The average molecular weight is 492 g/mol. The molecule has 10 heteroatoms. The van der Waals surface area contributed by atoms with Crippen molar-refractivity contribution in [1.29, 1.82) is 0 Å². The van der Waals surface area contributed by atoms with E-state index in [0.29, 0.717) is 11.1 Å². The van der Waals surface area contributed by atoms with Crippen molar-refractivity contribution < 1.29 is 49.3 Å². The lowest BCUT2D eigenvalue weighted by Crippen LogP contribution is -2.39. The van der Waals surface area contributed by atoms with Crippen LogP contribution in [0, 0.1) is 0 Å². The Morgan fingerprint density at radius 1 is 0.750 bits per heavy atom. The predicted octanol–water partition coefficient (Wildman–Crippen LogP) is 3.70. The van der Waals surface area contributed by atoms with Crippen molar-refractivity contribution in [2.75, 3.05) is 0 Å². The standard InChI is InChI=1S/C26H20O10/c27-17-5-1-15(11-19(17)29)9-10-34-23(31)8-3-14-2-7-21-22(12-14)36-24(25(35-21)26(32)33)16-4-6-18(28)20(30)13-16/h1-13,24-25,27-30H,(H,32,33)/b8-3+,10-9-/t24-,25+/m1/s1. The highest BCUT2D eigenvalue weighted by Crippen LogP contribution is 2.41. The lowest BCUT2D eigenvalue weighted by atomic mass is 10.0. The van der Waals surface area contributed by atoms with Gasteiger partial charge in [-0.1, -0.05) is 18.2 Å². The number of phenolic OH excluding ortho intramolecular Hbond substituents is 4. The third-order valence-corrected chi connectivity index (χ3v) is 5.18. The largest absolute Gasteiger partial charge is 0.504 e. The van der Waals surface area contributed by atoms with Gasteiger partial charge in [-0.3, -0.25) is 0 Å². The molecular weight excluding hydrogens is 472 g/mol. The zero-order valence-electron chi connectivity index (χ0n) is 18.4. The number of phenols is 4. The Morgan fingerprint density at radius 3 is 2.11 bits per heavy atom. The molecule has 36 heavy (non-hydrogen) atoms. The van der Waals surface area contributed by atoms with E-state index in [1.54, 1.807) is 12.1 Å². The molecule has 0 spiro atoms. The van der Waals surface area contributed by atoms with Gasteiger partial charge in [0.2, 0.25) is 6.10 Å². The number of fused-ring (bicyclic) bond motifs is 1. The predicted molar refractivity (Wildman–Crippen MR) is 126 cm³/mol. The normalized spacial score (nSPS) is 16.8. The summed E-state index contributed by atoms with van der Waals surface area (Å²) in [5.74, 6) is -2.93. The SMILES string of the molecule is O=C(/C=C/c1ccc2c(c1)O[C@H](c1ccc(O)c(O)c1)[C@@H](C(=O)O)O2)O/C=C\c1ccc(O)c(O)c1. The van der Waals surface area contributed by atoms with Gasteiger partial charge in [0, 0.05) is 11.6 Å². The summed E-state index contributed by atoms with van der Waals surface area (Å²) < 4.78 is 16.4. The minimum Gasteiger partial charge on any atom is -0.504 e. The van der Waals surface area contributed by atoms with Crippen LogP contribution < -0.4 is 9.47 Å². The molecule has 0 saturated heterocycles. The van der Waals surface area contributed by atoms with Crippen molar-refractivity contribution in [3.05, 3.63) is 83.6 Å². The Balaban J connectivity index is 1.47. The summed E-state index contributed by atoms with van der Waals surface area (Å²) in [6.45, 7) is 0. The molecule has 10 nitrogen and oxygen atoms in total. The molecule has 3 aromatic rings. The van der Waals surface area contributed by atoms with E-state index in [9.17, 15) is 35.1 Å². The second-order valence-electron chi connectivity index (χ2n) is 7.69. The van der Waals surface area contributed by atoms with Gasteiger partial charge < -0.3 is 39.7 Å². The number of hydrogen-bond acceptors (Lipinski definition) is 9. The van der Waals surface area contributed by atoms with E-state index >= 15 is 0 Å². The molecule has 0 amide bonds. The Kier molecular flexibility index (Phi) is 6.68. The van der Waals surface area contributed by atoms with Crippen molar-refractivity contribution >= 4 is 24.1 Å². The van der Waals surface area contributed by atoms with Crippen molar-refractivity contribution in [2.24, 2.45) is 0 Å². The van der Waals surface area contributed by atoms with E-state index in [-0.39, 0.29) is 34.3 Å². The van der Waals surface area contributed by atoms with Gasteiger partial charge in [0.25, 0.3) is 0 Å². The first-order valence-corrected chi connectivity index (χ1v) is 10.5. The number of benzene rings is 3. The molecule has 5 N–H and O–H groups in total. The molecule has 1 heterocycles. The van der Waals surface area contributed by atoms with E-state index in [0.717, 1.165) is 6.26 Å². The first-order valence-electron chi connectivity index (χ1n) is 10.5. The smallest absolute Gasteiger partial charge is 0.349 e. The molecule has 1 aliphatic heterocycles. The van der Waals surface area contributed by atoms with Crippen molar-refractivity contribution in [1.82, 2.24) is 0 Å². The minimum atomic E-state index is -1.40. The zero-order valence-corrected chi connectivity index (χ0v) is 18.4. The number of aromatic hydroxyl groups is 4. The third kappa shape index (κ3) is 5.33. The zero-order chi connectivity index (χ0) is 25.8. The summed E-state index contributed by atoms with van der Waals surface area (Å²) in [4.78, 5) is 23.8. The highest BCUT2D eigenvalue weighted by Gasteiger charge is 2.38. The monoisotopic (exact) mass is 492 g/mol. The number of aliphatic carboxylic acids is 1. The number of carboxylic acid groups (broad SMARTS) is 1. The molecule has 2 atom stereocenters.